The third-order valence-corrected chi connectivity index (χ3v) is 5.71. The zero-order chi connectivity index (χ0) is 20.3. The van der Waals surface area contributed by atoms with Crippen LogP contribution in [0.5, 0.6) is 5.75 Å². The summed E-state index contributed by atoms with van der Waals surface area (Å²) in [4.78, 5) is 4.44. The molecule has 1 heterocycles. The van der Waals surface area contributed by atoms with Crippen LogP contribution in [0.25, 0.3) is 22.8 Å². The average molecular weight is 406 g/mol. The van der Waals surface area contributed by atoms with Crippen LogP contribution in [0, 0.1) is 0 Å². The number of ether oxygens (including phenoxy) is 1. The lowest BCUT2D eigenvalue weighted by molar-refractivity contribution is 0.415. The minimum absolute atomic E-state index is 0.145. The van der Waals surface area contributed by atoms with Crippen molar-refractivity contribution in [2.45, 2.75) is 4.90 Å². The predicted octanol–water partition coefficient (Wildman–Crippen LogP) is 4.82. The van der Waals surface area contributed by atoms with E-state index < -0.39 is 10.0 Å². The van der Waals surface area contributed by atoms with Crippen LogP contribution in [0.3, 0.4) is 0 Å². The Balaban J connectivity index is 1.53. The lowest BCUT2D eigenvalue weighted by Crippen LogP contribution is -2.12. The average Bonchev–Trinajstić information content (AvgIpc) is 3.25. The summed E-state index contributed by atoms with van der Waals surface area (Å²) in [5.74, 6) is 1.73. The Morgan fingerprint density at radius 3 is 2.21 bits per heavy atom. The van der Waals surface area contributed by atoms with E-state index in [4.69, 9.17) is 9.15 Å². The maximum Gasteiger partial charge on any atom is 0.261 e. The first-order valence-corrected chi connectivity index (χ1v) is 10.3. The van der Waals surface area contributed by atoms with Crippen LogP contribution < -0.4 is 9.46 Å². The van der Waals surface area contributed by atoms with E-state index >= 15 is 0 Å². The van der Waals surface area contributed by atoms with Crippen molar-refractivity contribution in [3.63, 3.8) is 0 Å². The summed E-state index contributed by atoms with van der Waals surface area (Å²) in [5.41, 5.74) is 2.07. The Hall–Kier alpha value is -3.58. The SMILES string of the molecule is COc1ccc(NS(=O)(=O)c2ccc(-c3ncc(-c4ccccc4)o3)cc2)cc1. The first-order chi connectivity index (χ1) is 14.0. The van der Waals surface area contributed by atoms with Gasteiger partial charge in [0.15, 0.2) is 5.76 Å². The molecule has 146 valence electrons. The monoisotopic (exact) mass is 406 g/mol. The highest BCUT2D eigenvalue weighted by Crippen LogP contribution is 2.27. The van der Waals surface area contributed by atoms with Gasteiger partial charge in [0.05, 0.1) is 18.2 Å². The second kappa shape index (κ2) is 7.81. The lowest BCUT2D eigenvalue weighted by Gasteiger charge is -2.09. The van der Waals surface area contributed by atoms with Crippen LogP contribution in [0.15, 0.2) is 94.4 Å². The molecule has 0 aliphatic heterocycles. The highest BCUT2D eigenvalue weighted by molar-refractivity contribution is 7.92. The number of methoxy groups -OCH3 is 1. The van der Waals surface area contributed by atoms with Crippen molar-refractivity contribution in [2.24, 2.45) is 0 Å². The van der Waals surface area contributed by atoms with Gasteiger partial charge in [0.25, 0.3) is 10.0 Å². The van der Waals surface area contributed by atoms with Crippen molar-refractivity contribution in [3.05, 3.63) is 85.1 Å². The predicted molar refractivity (Wildman–Crippen MR) is 111 cm³/mol. The molecule has 0 saturated carbocycles. The highest BCUT2D eigenvalue weighted by Gasteiger charge is 2.15. The van der Waals surface area contributed by atoms with E-state index in [1.165, 1.54) is 12.1 Å². The molecule has 6 nitrogen and oxygen atoms in total. The zero-order valence-electron chi connectivity index (χ0n) is 15.6. The fraction of sp³-hybridized carbons (Fsp3) is 0.0455. The standard InChI is InChI=1S/C22H18N2O4S/c1-27-19-11-9-18(10-12-19)24-29(25,26)20-13-7-17(8-14-20)22-23-15-21(28-22)16-5-3-2-4-6-16/h2-15,24H,1H3. The number of nitrogens with one attached hydrogen (secondary N) is 1. The molecule has 4 rings (SSSR count). The number of anilines is 1. The summed E-state index contributed by atoms with van der Waals surface area (Å²) in [6, 6.07) is 22.7. The highest BCUT2D eigenvalue weighted by atomic mass is 32.2. The molecule has 1 N–H and O–H groups in total. The van der Waals surface area contributed by atoms with Crippen LogP contribution in [0.1, 0.15) is 0 Å². The molecule has 0 radical (unpaired) electrons. The smallest absolute Gasteiger partial charge is 0.261 e. The number of oxazole rings is 1. The van der Waals surface area contributed by atoms with E-state index in [1.807, 2.05) is 30.3 Å². The number of hydrogen-bond donors (Lipinski definition) is 1. The van der Waals surface area contributed by atoms with Crippen LogP contribution in [-0.4, -0.2) is 20.5 Å². The summed E-state index contributed by atoms with van der Waals surface area (Å²) < 4.78 is 38.7. The molecule has 1 aromatic heterocycles. The Labute approximate surface area is 168 Å². The van der Waals surface area contributed by atoms with Gasteiger partial charge in [-0.3, -0.25) is 4.72 Å². The largest absolute Gasteiger partial charge is 0.497 e. The van der Waals surface area contributed by atoms with Gasteiger partial charge in [0.2, 0.25) is 5.89 Å². The van der Waals surface area contributed by atoms with E-state index in [9.17, 15) is 8.42 Å². The van der Waals surface area contributed by atoms with E-state index in [0.29, 0.717) is 28.7 Å². The second-order valence-electron chi connectivity index (χ2n) is 6.25. The van der Waals surface area contributed by atoms with E-state index in [0.717, 1.165) is 5.56 Å². The van der Waals surface area contributed by atoms with Gasteiger partial charge < -0.3 is 9.15 Å². The number of nitrogens with zero attached hydrogens (tertiary/aromatic N) is 1. The van der Waals surface area contributed by atoms with Crippen molar-refractivity contribution in [2.75, 3.05) is 11.8 Å². The van der Waals surface area contributed by atoms with Gasteiger partial charge in [0.1, 0.15) is 5.75 Å². The molecule has 4 aromatic rings. The normalized spacial score (nSPS) is 11.2. The molecule has 29 heavy (non-hydrogen) atoms. The molecule has 0 aliphatic carbocycles. The van der Waals surface area contributed by atoms with Crippen molar-refractivity contribution in [1.82, 2.24) is 4.98 Å². The molecular formula is C22H18N2O4S. The zero-order valence-corrected chi connectivity index (χ0v) is 16.4. The summed E-state index contributed by atoms with van der Waals surface area (Å²) in [6.45, 7) is 0. The van der Waals surface area contributed by atoms with Gasteiger partial charge in [0, 0.05) is 16.8 Å². The molecule has 3 aromatic carbocycles. The van der Waals surface area contributed by atoms with Crippen LogP contribution in [-0.2, 0) is 10.0 Å². The van der Waals surface area contributed by atoms with Crippen molar-refractivity contribution in [1.29, 1.82) is 0 Å². The van der Waals surface area contributed by atoms with E-state index in [1.54, 1.807) is 49.7 Å². The summed E-state index contributed by atoms with van der Waals surface area (Å²) in [6.07, 6.45) is 1.65. The maximum absolute atomic E-state index is 12.6. The molecule has 0 atom stereocenters. The molecule has 0 bridgehead atoms. The second-order valence-corrected chi connectivity index (χ2v) is 7.94. The van der Waals surface area contributed by atoms with Crippen LogP contribution in [0.4, 0.5) is 5.69 Å². The first-order valence-electron chi connectivity index (χ1n) is 8.84. The molecule has 0 spiro atoms. The minimum atomic E-state index is -3.71. The van der Waals surface area contributed by atoms with Gasteiger partial charge in [-0.25, -0.2) is 13.4 Å². The Kier molecular flexibility index (Phi) is 5.05. The Bertz CT molecular complexity index is 1200. The number of sulfonamides is 1. The van der Waals surface area contributed by atoms with Gasteiger partial charge in [-0.15, -0.1) is 0 Å². The van der Waals surface area contributed by atoms with Crippen molar-refractivity contribution < 1.29 is 17.6 Å². The molecule has 0 aliphatic rings. The lowest BCUT2D eigenvalue weighted by atomic mass is 10.2. The Morgan fingerprint density at radius 2 is 1.55 bits per heavy atom. The van der Waals surface area contributed by atoms with Crippen molar-refractivity contribution >= 4 is 15.7 Å². The van der Waals surface area contributed by atoms with Gasteiger partial charge in [-0.05, 0) is 48.5 Å². The molecule has 0 amide bonds. The quantitative estimate of drug-likeness (QED) is 0.497. The van der Waals surface area contributed by atoms with E-state index in [-0.39, 0.29) is 4.90 Å². The molecule has 0 saturated heterocycles. The third-order valence-electron chi connectivity index (χ3n) is 4.32. The van der Waals surface area contributed by atoms with Gasteiger partial charge in [-0.2, -0.15) is 0 Å². The number of rotatable bonds is 6. The summed E-state index contributed by atoms with van der Waals surface area (Å²) in [5, 5.41) is 0. The number of hydrogen-bond acceptors (Lipinski definition) is 5. The maximum atomic E-state index is 12.6. The summed E-state index contributed by atoms with van der Waals surface area (Å²) in [7, 11) is -2.16. The third kappa shape index (κ3) is 4.14. The molecule has 0 fully saturated rings. The van der Waals surface area contributed by atoms with Crippen molar-refractivity contribution in [3.8, 4) is 28.5 Å². The minimum Gasteiger partial charge on any atom is -0.497 e. The Morgan fingerprint density at radius 1 is 0.862 bits per heavy atom. The molecule has 0 unspecified atom stereocenters. The first kappa shape index (κ1) is 18.8. The fourth-order valence-corrected chi connectivity index (χ4v) is 3.85. The van der Waals surface area contributed by atoms with Gasteiger partial charge >= 0.3 is 0 Å². The van der Waals surface area contributed by atoms with Crippen LogP contribution in [0.2, 0.25) is 0 Å². The summed E-state index contributed by atoms with van der Waals surface area (Å²) >= 11 is 0. The molecule has 7 heteroatoms. The molecular weight excluding hydrogens is 388 g/mol. The van der Waals surface area contributed by atoms with Crippen LogP contribution >= 0.6 is 0 Å². The topological polar surface area (TPSA) is 81.4 Å². The van der Waals surface area contributed by atoms with E-state index in [2.05, 4.69) is 9.71 Å². The number of benzene rings is 3. The fourth-order valence-electron chi connectivity index (χ4n) is 2.79. The van der Waals surface area contributed by atoms with Gasteiger partial charge in [-0.1, -0.05) is 30.3 Å². The number of aromatic nitrogens is 1.